The van der Waals surface area contributed by atoms with Crippen LogP contribution in [-0.4, -0.2) is 58.9 Å². The third-order valence-electron chi connectivity index (χ3n) is 7.65. The molecule has 7 nitrogen and oxygen atoms in total. The molecule has 3 aliphatic rings. The molecule has 0 radical (unpaired) electrons. The lowest BCUT2D eigenvalue weighted by molar-refractivity contribution is -0.149. The SMILES string of the molecule is NC1CCC(NC(=O)C2N(C(=O)CCC3CCCC3)CCCN2C(=O)c2ccc(F)cc2)CC1. The van der Waals surface area contributed by atoms with Crippen LogP contribution in [0.2, 0.25) is 0 Å². The zero-order chi connectivity index (χ0) is 24.1. The zero-order valence-corrected chi connectivity index (χ0v) is 19.9. The second-order valence-electron chi connectivity index (χ2n) is 10.1. The zero-order valence-electron chi connectivity index (χ0n) is 19.9. The van der Waals surface area contributed by atoms with Crippen molar-refractivity contribution in [2.45, 2.75) is 88.9 Å². The van der Waals surface area contributed by atoms with E-state index in [1.807, 2.05) is 0 Å². The van der Waals surface area contributed by atoms with Crippen LogP contribution >= 0.6 is 0 Å². The van der Waals surface area contributed by atoms with E-state index in [-0.39, 0.29) is 29.8 Å². The molecule has 4 rings (SSSR count). The smallest absolute Gasteiger partial charge is 0.264 e. The molecule has 3 N–H and O–H groups in total. The van der Waals surface area contributed by atoms with Crippen molar-refractivity contribution >= 4 is 17.7 Å². The monoisotopic (exact) mass is 472 g/mol. The number of hydrogen-bond donors (Lipinski definition) is 2. The topological polar surface area (TPSA) is 95.7 Å². The molecule has 0 bridgehead atoms. The van der Waals surface area contributed by atoms with Crippen LogP contribution in [0, 0.1) is 11.7 Å². The van der Waals surface area contributed by atoms with Gasteiger partial charge in [-0.3, -0.25) is 14.4 Å². The summed E-state index contributed by atoms with van der Waals surface area (Å²) in [6.45, 7) is 0.820. The van der Waals surface area contributed by atoms with Gasteiger partial charge in [-0.05, 0) is 68.7 Å². The fourth-order valence-electron chi connectivity index (χ4n) is 5.65. The van der Waals surface area contributed by atoms with Crippen molar-refractivity contribution in [3.05, 3.63) is 35.6 Å². The van der Waals surface area contributed by atoms with Gasteiger partial charge in [0.05, 0.1) is 0 Å². The Morgan fingerprint density at radius 1 is 0.912 bits per heavy atom. The van der Waals surface area contributed by atoms with Crippen LogP contribution in [0.1, 0.15) is 81.0 Å². The van der Waals surface area contributed by atoms with E-state index in [0.717, 1.165) is 44.9 Å². The quantitative estimate of drug-likeness (QED) is 0.665. The lowest BCUT2D eigenvalue weighted by Crippen LogP contribution is -2.64. The van der Waals surface area contributed by atoms with E-state index in [1.165, 1.54) is 42.0 Å². The first-order valence-corrected chi connectivity index (χ1v) is 12.8. The maximum Gasteiger partial charge on any atom is 0.264 e. The van der Waals surface area contributed by atoms with Gasteiger partial charge in [-0.2, -0.15) is 0 Å². The highest BCUT2D eigenvalue weighted by atomic mass is 19.1. The molecule has 8 heteroatoms. The molecule has 1 saturated heterocycles. The minimum absolute atomic E-state index is 0.00700. The molecule has 1 atom stereocenters. The van der Waals surface area contributed by atoms with Crippen LogP contribution in [0.25, 0.3) is 0 Å². The molecule has 1 unspecified atom stereocenters. The summed E-state index contributed by atoms with van der Waals surface area (Å²) in [6, 6.07) is 5.48. The van der Waals surface area contributed by atoms with Crippen molar-refractivity contribution in [3.8, 4) is 0 Å². The third-order valence-corrected chi connectivity index (χ3v) is 7.65. The van der Waals surface area contributed by atoms with E-state index in [9.17, 15) is 18.8 Å². The fraction of sp³-hybridized carbons (Fsp3) is 0.654. The van der Waals surface area contributed by atoms with Gasteiger partial charge in [0, 0.05) is 37.2 Å². The minimum Gasteiger partial charge on any atom is -0.350 e. The van der Waals surface area contributed by atoms with Gasteiger partial charge >= 0.3 is 0 Å². The Labute approximate surface area is 201 Å². The van der Waals surface area contributed by atoms with Crippen molar-refractivity contribution in [1.82, 2.24) is 15.1 Å². The molecule has 0 aromatic heterocycles. The van der Waals surface area contributed by atoms with Crippen molar-refractivity contribution in [2.24, 2.45) is 11.7 Å². The van der Waals surface area contributed by atoms with Gasteiger partial charge in [0.1, 0.15) is 5.82 Å². The maximum atomic E-state index is 13.5. The molecule has 3 amide bonds. The molecular formula is C26H37FN4O3. The summed E-state index contributed by atoms with van der Waals surface area (Å²) in [4.78, 5) is 43.3. The predicted octanol–water partition coefficient (Wildman–Crippen LogP) is 3.18. The lowest BCUT2D eigenvalue weighted by Gasteiger charge is -2.43. The Morgan fingerprint density at radius 2 is 1.56 bits per heavy atom. The van der Waals surface area contributed by atoms with Crippen molar-refractivity contribution in [2.75, 3.05) is 13.1 Å². The second-order valence-corrected chi connectivity index (χ2v) is 10.1. The predicted molar refractivity (Wildman–Crippen MR) is 127 cm³/mol. The molecule has 1 heterocycles. The minimum atomic E-state index is -0.988. The Hall–Kier alpha value is -2.48. The van der Waals surface area contributed by atoms with Gasteiger partial charge in [-0.25, -0.2) is 4.39 Å². The number of nitrogens with one attached hydrogen (secondary N) is 1. The maximum absolute atomic E-state index is 13.5. The summed E-state index contributed by atoms with van der Waals surface area (Å²) >= 11 is 0. The number of amides is 3. The molecule has 1 aromatic carbocycles. The van der Waals surface area contributed by atoms with Gasteiger partial charge in [0.25, 0.3) is 11.8 Å². The third kappa shape index (κ3) is 5.95. The van der Waals surface area contributed by atoms with Gasteiger partial charge in [0.2, 0.25) is 5.91 Å². The largest absolute Gasteiger partial charge is 0.350 e. The molecule has 3 fully saturated rings. The summed E-state index contributed by atoms with van der Waals surface area (Å²) < 4.78 is 13.4. The summed E-state index contributed by atoms with van der Waals surface area (Å²) in [5.41, 5.74) is 6.32. The van der Waals surface area contributed by atoms with Gasteiger partial charge in [0.15, 0.2) is 6.17 Å². The first-order chi connectivity index (χ1) is 16.4. The molecule has 2 saturated carbocycles. The number of benzene rings is 1. The highest BCUT2D eigenvalue weighted by Gasteiger charge is 2.41. The van der Waals surface area contributed by atoms with E-state index < -0.39 is 12.0 Å². The molecular weight excluding hydrogens is 435 g/mol. The first kappa shape index (κ1) is 24.6. The van der Waals surface area contributed by atoms with Crippen molar-refractivity contribution < 1.29 is 18.8 Å². The second kappa shape index (κ2) is 11.3. The summed E-state index contributed by atoms with van der Waals surface area (Å²) in [5, 5.41) is 3.09. The Balaban J connectivity index is 1.51. The van der Waals surface area contributed by atoms with Crippen LogP contribution in [0.3, 0.4) is 0 Å². The number of nitrogens with zero attached hydrogens (tertiary/aromatic N) is 2. The molecule has 1 aliphatic heterocycles. The lowest BCUT2D eigenvalue weighted by atomic mass is 9.91. The van der Waals surface area contributed by atoms with Crippen LogP contribution in [0.5, 0.6) is 0 Å². The van der Waals surface area contributed by atoms with Crippen LogP contribution in [0.15, 0.2) is 24.3 Å². The first-order valence-electron chi connectivity index (χ1n) is 12.8. The van der Waals surface area contributed by atoms with E-state index in [1.54, 1.807) is 4.90 Å². The van der Waals surface area contributed by atoms with E-state index in [4.69, 9.17) is 5.73 Å². The van der Waals surface area contributed by atoms with E-state index in [0.29, 0.717) is 37.4 Å². The van der Waals surface area contributed by atoms with E-state index >= 15 is 0 Å². The number of halogens is 1. The number of carbonyl (C=O) groups is 3. The van der Waals surface area contributed by atoms with Crippen molar-refractivity contribution in [3.63, 3.8) is 0 Å². The van der Waals surface area contributed by atoms with Gasteiger partial charge in [-0.1, -0.05) is 25.7 Å². The van der Waals surface area contributed by atoms with Crippen LogP contribution < -0.4 is 11.1 Å². The normalized spacial score (nSPS) is 25.9. The fourth-order valence-corrected chi connectivity index (χ4v) is 5.65. The average molecular weight is 473 g/mol. The van der Waals surface area contributed by atoms with Crippen LogP contribution in [-0.2, 0) is 9.59 Å². The summed E-state index contributed by atoms with van der Waals surface area (Å²) in [7, 11) is 0. The Morgan fingerprint density at radius 3 is 2.24 bits per heavy atom. The highest BCUT2D eigenvalue weighted by molar-refractivity contribution is 5.98. The van der Waals surface area contributed by atoms with Gasteiger partial charge in [-0.15, -0.1) is 0 Å². The molecule has 186 valence electrons. The van der Waals surface area contributed by atoms with Crippen LogP contribution in [0.4, 0.5) is 4.39 Å². The molecule has 1 aromatic rings. The number of nitrogens with two attached hydrogens (primary N) is 1. The summed E-state index contributed by atoms with van der Waals surface area (Å²) in [5.74, 6) is -0.605. The molecule has 0 spiro atoms. The van der Waals surface area contributed by atoms with Gasteiger partial charge < -0.3 is 20.9 Å². The molecule has 34 heavy (non-hydrogen) atoms. The average Bonchev–Trinajstić information content (AvgIpc) is 3.37. The highest BCUT2D eigenvalue weighted by Crippen LogP contribution is 2.29. The molecule has 2 aliphatic carbocycles. The Bertz CT molecular complexity index is 863. The summed E-state index contributed by atoms with van der Waals surface area (Å²) in [6.07, 6.45) is 8.88. The standard InChI is InChI=1S/C26H37FN4O3/c27-20-9-7-19(8-10-20)26(34)31-17-3-16-30(23(32)15-6-18-4-1-2-5-18)25(31)24(33)29-22-13-11-21(28)12-14-22/h7-10,18,21-22,25H,1-6,11-17,28H2,(H,29,33). The Kier molecular flexibility index (Phi) is 8.19. The number of rotatable bonds is 6. The number of carbonyl (C=O) groups excluding carboxylic acids is 3. The van der Waals surface area contributed by atoms with E-state index in [2.05, 4.69) is 5.32 Å². The van der Waals surface area contributed by atoms with Crippen molar-refractivity contribution in [1.29, 1.82) is 0 Å². The number of hydrogen-bond acceptors (Lipinski definition) is 4.